The van der Waals surface area contributed by atoms with E-state index in [4.69, 9.17) is 32.9 Å². The molecule has 3 aliphatic rings. The van der Waals surface area contributed by atoms with Crippen molar-refractivity contribution < 1.29 is 127 Å². The van der Waals surface area contributed by atoms with E-state index in [9.17, 15) is 94.1 Å². The van der Waals surface area contributed by atoms with Crippen LogP contribution in [0.3, 0.4) is 0 Å². The molecule has 0 aliphatic carbocycles. The minimum absolute atomic E-state index is 0.0527. The van der Waals surface area contributed by atoms with Gasteiger partial charge in [0.15, 0.2) is 25.0 Å². The maximum absolute atomic E-state index is 13.9. The number of amides is 7. The Balaban J connectivity index is 1.50. The largest absolute Gasteiger partial charge is 0.394 e. The summed E-state index contributed by atoms with van der Waals surface area (Å²) in [4.78, 5) is 101. The van der Waals surface area contributed by atoms with Gasteiger partial charge in [-0.25, -0.2) is 0 Å². The van der Waals surface area contributed by atoms with E-state index in [0.717, 1.165) is 51.6 Å². The number of hydrogen-bond acceptors (Lipinski definition) is 25. The van der Waals surface area contributed by atoms with Crippen LogP contribution in [0.4, 0.5) is 0 Å². The maximum atomic E-state index is 13.9. The molecule has 552 valence electrons. The Hall–Kier alpha value is -4.20. The van der Waals surface area contributed by atoms with Crippen molar-refractivity contribution in [2.75, 3.05) is 92.2 Å². The second-order valence-corrected chi connectivity index (χ2v) is 26.4. The fourth-order valence-electron chi connectivity index (χ4n) is 11.1. The summed E-state index contributed by atoms with van der Waals surface area (Å²) in [7, 11) is -4.06. The lowest BCUT2D eigenvalue weighted by molar-refractivity contribution is -0.270. The summed E-state index contributed by atoms with van der Waals surface area (Å²) in [5.74, 6) is -2.72. The zero-order valence-electron chi connectivity index (χ0n) is 55.7. The SMILES string of the molecule is CC(=O)NC1[C@H](OCCCCCCCC(=O)NCCCN(CCCN(CCCNC(=O)CCCCCCCO[C@@H]2OC(CO)[C@H](O)[C@H](O)C2NC(C)=O)C(=O)C(O)COP(C)(=O)O)C(=O)CCCCCCCO[C@@H]2OC(CO)[C@H](O)[C@H](O)C2NC(C)=O)OC(CO)[C@H](O)[C@@H]1O. The molecule has 7 amide bonds. The standard InChI is InChI=1S/C61H112N7O26P/c1-39(72)64-49-55(82)52(79)43(35-69)92-59(49)88-32-17-11-5-8-14-23-46(76)62-26-20-28-67(48(78)25-16-10-7-13-19-34-90-61-51(66-41(3)74)57(84)54(81)45(37-71)94-61)30-22-31-68(58(85)42(75)38-91-95(4,86)87)29-21-27-63-47(77)24-15-9-6-12-18-33-89-60-50(65-40(2)73)56(83)53(80)44(36-70)93-60/h42-45,49-57,59-61,69-71,75,79-84H,5-38H2,1-4H3,(H,62,76)(H,63,77)(H,64,72)(H,65,73)(H,66,74)(H,86,87)/t42?,43?,44?,45?,49?,50?,51?,52-,53-,54-,55+,56+,57+,59+,60+,61+/m0/s1. The van der Waals surface area contributed by atoms with Crippen LogP contribution >= 0.6 is 7.60 Å². The van der Waals surface area contributed by atoms with Gasteiger partial charge in [-0.1, -0.05) is 57.8 Å². The predicted octanol–water partition coefficient (Wildman–Crippen LogP) is -2.86. The van der Waals surface area contributed by atoms with Crippen LogP contribution in [0, 0.1) is 0 Å². The van der Waals surface area contributed by atoms with Crippen molar-refractivity contribution in [1.29, 1.82) is 0 Å². The Kier molecular flexibility index (Phi) is 42.0. The van der Waals surface area contributed by atoms with Crippen molar-refractivity contribution >= 4 is 48.9 Å². The smallest absolute Gasteiger partial charge is 0.325 e. The minimum Gasteiger partial charge on any atom is -0.394 e. The molecular weight excluding hydrogens is 1280 g/mol. The lowest BCUT2D eigenvalue weighted by Gasteiger charge is -2.42. The lowest BCUT2D eigenvalue weighted by Crippen LogP contribution is -2.64. The van der Waals surface area contributed by atoms with E-state index >= 15 is 0 Å². The third-order valence-corrected chi connectivity index (χ3v) is 17.0. The van der Waals surface area contributed by atoms with Gasteiger partial charge in [0.1, 0.15) is 73.1 Å². The number of nitrogens with one attached hydrogen (secondary N) is 5. The molecule has 0 aromatic carbocycles. The number of nitrogens with zero attached hydrogens (tertiary/aromatic N) is 2. The average Bonchev–Trinajstić information content (AvgIpc) is 0.837. The van der Waals surface area contributed by atoms with E-state index < -0.39 is 156 Å². The molecule has 34 heteroatoms. The van der Waals surface area contributed by atoms with Gasteiger partial charge in [0.05, 0.1) is 26.4 Å². The first-order valence-electron chi connectivity index (χ1n) is 33.5. The van der Waals surface area contributed by atoms with Gasteiger partial charge in [-0.2, -0.15) is 0 Å². The molecule has 0 aromatic heterocycles. The fraction of sp³-hybridized carbons (Fsp3) is 0.885. The zero-order chi connectivity index (χ0) is 70.5. The highest BCUT2D eigenvalue weighted by Crippen LogP contribution is 2.36. The molecule has 3 heterocycles. The minimum atomic E-state index is -4.06. The number of aliphatic hydroxyl groups is 10. The molecule has 3 saturated heterocycles. The van der Waals surface area contributed by atoms with Crippen molar-refractivity contribution in [2.24, 2.45) is 0 Å². The number of rotatable bonds is 49. The number of hydrogen-bond donors (Lipinski definition) is 16. The molecule has 3 aliphatic heterocycles. The number of unbranched alkanes of at least 4 members (excludes halogenated alkanes) is 12. The first-order valence-corrected chi connectivity index (χ1v) is 35.5. The Bertz CT molecular complexity index is 2280. The molecule has 17 atom stereocenters. The first kappa shape index (κ1) is 85.0. The van der Waals surface area contributed by atoms with E-state index in [-0.39, 0.29) is 109 Å². The fourth-order valence-corrected chi connectivity index (χ4v) is 11.6. The summed E-state index contributed by atoms with van der Waals surface area (Å²) in [5.41, 5.74) is 0. The Morgan fingerprint density at radius 1 is 0.453 bits per heavy atom. The maximum Gasteiger partial charge on any atom is 0.325 e. The first-order chi connectivity index (χ1) is 45.2. The van der Waals surface area contributed by atoms with Crippen LogP contribution in [0.1, 0.15) is 156 Å². The van der Waals surface area contributed by atoms with Crippen LogP contribution in [0.5, 0.6) is 0 Å². The van der Waals surface area contributed by atoms with Crippen LogP contribution in [0.2, 0.25) is 0 Å². The van der Waals surface area contributed by atoms with Gasteiger partial charge in [0, 0.05) is 106 Å². The normalized spacial score (nSPS) is 27.0. The third kappa shape index (κ3) is 33.0. The van der Waals surface area contributed by atoms with Gasteiger partial charge in [0.2, 0.25) is 35.4 Å². The zero-order valence-corrected chi connectivity index (χ0v) is 56.6. The quantitative estimate of drug-likeness (QED) is 0.0215. The highest BCUT2D eigenvalue weighted by Gasteiger charge is 2.48. The third-order valence-electron chi connectivity index (χ3n) is 16.4. The summed E-state index contributed by atoms with van der Waals surface area (Å²) in [6.07, 6.45) is -5.26. The van der Waals surface area contributed by atoms with Gasteiger partial charge < -0.3 is 125 Å². The molecule has 3 fully saturated rings. The summed E-state index contributed by atoms with van der Waals surface area (Å²) in [5, 5.41) is 115. The number of carbonyl (C=O) groups excluding carboxylic acids is 7. The second kappa shape index (κ2) is 47.0. The summed E-state index contributed by atoms with van der Waals surface area (Å²) in [6.45, 7) is 3.84. The molecule has 0 spiro atoms. The lowest BCUT2D eigenvalue weighted by atomic mass is 9.97. The topological polar surface area (TPSA) is 490 Å². The van der Waals surface area contributed by atoms with E-state index in [1.54, 1.807) is 4.90 Å². The molecule has 95 heavy (non-hydrogen) atoms. The van der Waals surface area contributed by atoms with Gasteiger partial charge >= 0.3 is 7.60 Å². The van der Waals surface area contributed by atoms with Gasteiger partial charge in [-0.15, -0.1) is 0 Å². The van der Waals surface area contributed by atoms with E-state index in [0.29, 0.717) is 57.8 Å². The van der Waals surface area contributed by atoms with Crippen LogP contribution in [-0.2, 0) is 71.1 Å². The molecule has 3 rings (SSSR count). The summed E-state index contributed by atoms with van der Waals surface area (Å²) in [6, 6.07) is -3.14. The van der Waals surface area contributed by atoms with E-state index in [1.165, 1.54) is 25.7 Å². The molecule has 33 nitrogen and oxygen atoms in total. The van der Waals surface area contributed by atoms with E-state index in [1.807, 2.05) is 0 Å². The molecular formula is C61H112N7O26P. The number of aliphatic hydroxyl groups excluding tert-OH is 10. The average molecular weight is 1390 g/mol. The summed E-state index contributed by atoms with van der Waals surface area (Å²) < 4.78 is 50.9. The van der Waals surface area contributed by atoms with Crippen molar-refractivity contribution in [3.63, 3.8) is 0 Å². The van der Waals surface area contributed by atoms with E-state index in [2.05, 4.69) is 26.6 Å². The van der Waals surface area contributed by atoms with Gasteiger partial charge in [0.25, 0.3) is 5.91 Å². The number of ether oxygens (including phenoxy) is 6. The van der Waals surface area contributed by atoms with Crippen molar-refractivity contribution in [3.05, 3.63) is 0 Å². The highest BCUT2D eigenvalue weighted by molar-refractivity contribution is 7.51. The highest BCUT2D eigenvalue weighted by atomic mass is 31.2. The predicted molar refractivity (Wildman–Crippen MR) is 338 cm³/mol. The Labute approximate surface area is 556 Å². The number of carbonyl (C=O) groups is 7. The van der Waals surface area contributed by atoms with Gasteiger partial charge in [-0.3, -0.25) is 38.1 Å². The molecule has 0 aromatic rings. The molecule has 0 saturated carbocycles. The van der Waals surface area contributed by atoms with Crippen LogP contribution in [0.25, 0.3) is 0 Å². The monoisotopic (exact) mass is 1390 g/mol. The Morgan fingerprint density at radius 2 is 0.768 bits per heavy atom. The molecule has 0 bridgehead atoms. The molecule has 16 N–H and O–H groups in total. The van der Waals surface area contributed by atoms with Gasteiger partial charge in [-0.05, 0) is 57.8 Å². The van der Waals surface area contributed by atoms with Crippen LogP contribution < -0.4 is 26.6 Å². The van der Waals surface area contributed by atoms with Crippen molar-refractivity contribution in [1.82, 2.24) is 36.4 Å². The Morgan fingerprint density at radius 3 is 1.12 bits per heavy atom. The summed E-state index contributed by atoms with van der Waals surface area (Å²) >= 11 is 0. The van der Waals surface area contributed by atoms with Crippen LogP contribution in [0.15, 0.2) is 0 Å². The molecule has 8 unspecified atom stereocenters. The van der Waals surface area contributed by atoms with Crippen molar-refractivity contribution in [2.45, 2.75) is 254 Å². The van der Waals surface area contributed by atoms with Crippen LogP contribution in [-0.4, -0.2) is 297 Å². The molecule has 0 radical (unpaired) electrons. The second-order valence-electron chi connectivity index (χ2n) is 24.5. The van der Waals surface area contributed by atoms with Crippen molar-refractivity contribution in [3.8, 4) is 0 Å².